The molecular weight excluding hydrogens is 212 g/mol. The second kappa shape index (κ2) is 3.86. The first-order valence-corrected chi connectivity index (χ1v) is 5.66. The van der Waals surface area contributed by atoms with Crippen LogP contribution in [0.4, 0.5) is 5.69 Å². The first kappa shape index (κ1) is 10.3. The molecule has 0 spiro atoms. The largest absolute Gasteiger partial charge is 0.397 e. The number of hydrogen-bond acceptors (Lipinski definition) is 3. The quantitative estimate of drug-likeness (QED) is 0.813. The molecule has 0 atom stereocenters. The summed E-state index contributed by atoms with van der Waals surface area (Å²) in [4.78, 5) is 4.37. The lowest BCUT2D eigenvalue weighted by Gasteiger charge is -2.08. The van der Waals surface area contributed by atoms with Crippen LogP contribution in [0.2, 0.25) is 0 Å². The molecule has 0 radical (unpaired) electrons. The Bertz CT molecular complexity index is 578. The third-order valence-corrected chi connectivity index (χ3v) is 3.20. The number of fused-ring (bicyclic) bond motifs is 1. The summed E-state index contributed by atoms with van der Waals surface area (Å²) in [5.74, 6) is 0. The fourth-order valence-corrected chi connectivity index (χ4v) is 2.12. The molecule has 1 aromatic carbocycles. The van der Waals surface area contributed by atoms with Crippen molar-refractivity contribution in [2.45, 2.75) is 20.1 Å². The van der Waals surface area contributed by atoms with Gasteiger partial charge < -0.3 is 10.5 Å². The summed E-state index contributed by atoms with van der Waals surface area (Å²) >= 11 is 0. The zero-order valence-electron chi connectivity index (χ0n) is 9.73. The fraction of sp³-hybridized carbons (Fsp3) is 0.214. The maximum Gasteiger partial charge on any atom is 0.0933 e. The van der Waals surface area contributed by atoms with E-state index in [9.17, 15) is 0 Å². The number of nitrogens with two attached hydrogens (primary N) is 1. The Balaban J connectivity index is 2.13. The maximum absolute atomic E-state index is 6.07. The van der Waals surface area contributed by atoms with E-state index >= 15 is 0 Å². The summed E-state index contributed by atoms with van der Waals surface area (Å²) in [6, 6.07) is 8.21. The number of nitrogens with zero attached hydrogens (tertiary/aromatic N) is 1. The van der Waals surface area contributed by atoms with Gasteiger partial charge in [-0.2, -0.15) is 0 Å². The number of nitrogen functional groups attached to an aromatic ring is 1. The van der Waals surface area contributed by atoms with Crippen LogP contribution in [0, 0.1) is 6.92 Å². The SMILES string of the molecule is Cc1ccnc(-c2ccc3c(c2)COC3)c1N. The highest BCUT2D eigenvalue weighted by molar-refractivity contribution is 5.75. The van der Waals surface area contributed by atoms with Crippen LogP contribution in [-0.4, -0.2) is 4.98 Å². The second-order valence-electron chi connectivity index (χ2n) is 4.37. The third kappa shape index (κ3) is 1.68. The predicted octanol–water partition coefficient (Wildman–Crippen LogP) is 2.67. The van der Waals surface area contributed by atoms with Crippen LogP contribution >= 0.6 is 0 Å². The molecule has 17 heavy (non-hydrogen) atoms. The van der Waals surface area contributed by atoms with Gasteiger partial charge in [-0.1, -0.05) is 12.1 Å². The van der Waals surface area contributed by atoms with Crippen molar-refractivity contribution in [3.63, 3.8) is 0 Å². The van der Waals surface area contributed by atoms with Gasteiger partial charge in [-0.25, -0.2) is 0 Å². The Morgan fingerprint density at radius 2 is 2.00 bits per heavy atom. The van der Waals surface area contributed by atoms with Crippen molar-refractivity contribution in [1.82, 2.24) is 4.98 Å². The first-order chi connectivity index (χ1) is 8.25. The molecule has 0 unspecified atom stereocenters. The molecule has 1 aliphatic rings. The van der Waals surface area contributed by atoms with E-state index in [-0.39, 0.29) is 0 Å². The van der Waals surface area contributed by atoms with Gasteiger partial charge in [0.05, 0.1) is 24.6 Å². The number of rotatable bonds is 1. The molecule has 0 fully saturated rings. The van der Waals surface area contributed by atoms with E-state index in [0.29, 0.717) is 13.2 Å². The zero-order valence-corrected chi connectivity index (χ0v) is 9.73. The Morgan fingerprint density at radius 3 is 2.88 bits per heavy atom. The van der Waals surface area contributed by atoms with E-state index in [1.165, 1.54) is 11.1 Å². The molecule has 0 saturated carbocycles. The molecule has 0 amide bonds. The average Bonchev–Trinajstić information content (AvgIpc) is 2.79. The summed E-state index contributed by atoms with van der Waals surface area (Å²) in [5.41, 5.74) is 12.3. The molecular formula is C14H14N2O. The van der Waals surface area contributed by atoms with Crippen molar-refractivity contribution in [1.29, 1.82) is 0 Å². The highest BCUT2D eigenvalue weighted by atomic mass is 16.5. The van der Waals surface area contributed by atoms with Crippen molar-refractivity contribution in [2.24, 2.45) is 0 Å². The normalized spacial score (nSPS) is 13.7. The van der Waals surface area contributed by atoms with Gasteiger partial charge in [0, 0.05) is 11.8 Å². The molecule has 2 heterocycles. The number of ether oxygens (including phenoxy) is 1. The summed E-state index contributed by atoms with van der Waals surface area (Å²) in [5, 5.41) is 0. The number of benzene rings is 1. The number of anilines is 1. The van der Waals surface area contributed by atoms with E-state index in [4.69, 9.17) is 10.5 Å². The maximum atomic E-state index is 6.07. The van der Waals surface area contributed by atoms with Gasteiger partial charge in [0.1, 0.15) is 0 Å². The Hall–Kier alpha value is -1.87. The second-order valence-corrected chi connectivity index (χ2v) is 4.37. The van der Waals surface area contributed by atoms with Crippen LogP contribution in [0.1, 0.15) is 16.7 Å². The van der Waals surface area contributed by atoms with Gasteiger partial charge in [-0.05, 0) is 35.7 Å². The van der Waals surface area contributed by atoms with Crippen LogP contribution in [-0.2, 0) is 18.0 Å². The van der Waals surface area contributed by atoms with E-state index in [1.807, 2.05) is 13.0 Å². The van der Waals surface area contributed by atoms with Gasteiger partial charge in [-0.15, -0.1) is 0 Å². The van der Waals surface area contributed by atoms with Gasteiger partial charge in [0.25, 0.3) is 0 Å². The predicted molar refractivity (Wildman–Crippen MR) is 67.3 cm³/mol. The molecule has 86 valence electrons. The smallest absolute Gasteiger partial charge is 0.0933 e. The van der Waals surface area contributed by atoms with Gasteiger partial charge >= 0.3 is 0 Å². The van der Waals surface area contributed by atoms with Crippen molar-refractivity contribution >= 4 is 5.69 Å². The number of pyridine rings is 1. The van der Waals surface area contributed by atoms with Crippen molar-refractivity contribution in [3.05, 3.63) is 47.2 Å². The standard InChI is InChI=1S/C14H14N2O/c1-9-4-5-16-14(13(9)15)10-2-3-11-7-17-8-12(11)6-10/h2-6H,7-8,15H2,1H3. The van der Waals surface area contributed by atoms with Gasteiger partial charge in [-0.3, -0.25) is 4.98 Å². The molecule has 1 aromatic heterocycles. The van der Waals surface area contributed by atoms with Crippen molar-refractivity contribution in [2.75, 3.05) is 5.73 Å². The highest BCUT2D eigenvalue weighted by Crippen LogP contribution is 2.29. The van der Waals surface area contributed by atoms with Crippen LogP contribution in [0.3, 0.4) is 0 Å². The Labute approximate surface area is 100 Å². The topological polar surface area (TPSA) is 48.1 Å². The zero-order chi connectivity index (χ0) is 11.8. The summed E-state index contributed by atoms with van der Waals surface area (Å²) in [6.45, 7) is 3.40. The van der Waals surface area contributed by atoms with Crippen molar-refractivity contribution in [3.8, 4) is 11.3 Å². The van der Waals surface area contributed by atoms with E-state index in [0.717, 1.165) is 22.5 Å². The minimum atomic E-state index is 0.689. The summed E-state index contributed by atoms with van der Waals surface area (Å²) < 4.78 is 5.41. The molecule has 0 saturated heterocycles. The van der Waals surface area contributed by atoms with Crippen molar-refractivity contribution < 1.29 is 4.74 Å². The highest BCUT2D eigenvalue weighted by Gasteiger charge is 2.13. The molecule has 2 N–H and O–H groups in total. The summed E-state index contributed by atoms with van der Waals surface area (Å²) in [7, 11) is 0. The molecule has 1 aliphatic heterocycles. The first-order valence-electron chi connectivity index (χ1n) is 5.66. The van der Waals surface area contributed by atoms with E-state index in [2.05, 4.69) is 23.2 Å². The Kier molecular flexibility index (Phi) is 2.34. The van der Waals surface area contributed by atoms with E-state index in [1.54, 1.807) is 6.20 Å². The number of hydrogen-bond donors (Lipinski definition) is 1. The fourth-order valence-electron chi connectivity index (χ4n) is 2.12. The molecule has 3 nitrogen and oxygen atoms in total. The van der Waals surface area contributed by atoms with Crippen LogP contribution in [0.25, 0.3) is 11.3 Å². The van der Waals surface area contributed by atoms with Gasteiger partial charge in [0.15, 0.2) is 0 Å². The minimum absolute atomic E-state index is 0.689. The third-order valence-electron chi connectivity index (χ3n) is 3.20. The monoisotopic (exact) mass is 226 g/mol. The van der Waals surface area contributed by atoms with E-state index < -0.39 is 0 Å². The van der Waals surface area contributed by atoms with Gasteiger partial charge in [0.2, 0.25) is 0 Å². The number of aromatic nitrogens is 1. The van der Waals surface area contributed by atoms with Crippen LogP contribution in [0.5, 0.6) is 0 Å². The molecule has 2 aromatic rings. The van der Waals surface area contributed by atoms with Crippen LogP contribution < -0.4 is 5.73 Å². The number of aryl methyl sites for hydroxylation is 1. The average molecular weight is 226 g/mol. The molecule has 3 rings (SSSR count). The summed E-state index contributed by atoms with van der Waals surface area (Å²) in [6.07, 6.45) is 1.80. The minimum Gasteiger partial charge on any atom is -0.397 e. The van der Waals surface area contributed by atoms with Crippen LogP contribution in [0.15, 0.2) is 30.5 Å². The molecule has 0 bridgehead atoms. The molecule has 3 heteroatoms. The Morgan fingerprint density at radius 1 is 1.18 bits per heavy atom. The lowest BCUT2D eigenvalue weighted by molar-refractivity contribution is 0.134. The molecule has 0 aliphatic carbocycles. The lowest BCUT2D eigenvalue weighted by atomic mass is 10.0. The lowest BCUT2D eigenvalue weighted by Crippen LogP contribution is -1.96.